The van der Waals surface area contributed by atoms with Gasteiger partial charge in [0.05, 0.1) is 0 Å². The highest BCUT2D eigenvalue weighted by molar-refractivity contribution is 5.97. The Morgan fingerprint density at radius 1 is 1.17 bits per heavy atom. The van der Waals surface area contributed by atoms with Crippen LogP contribution in [0.15, 0.2) is 24.3 Å². The van der Waals surface area contributed by atoms with E-state index in [4.69, 9.17) is 0 Å². The van der Waals surface area contributed by atoms with Crippen LogP contribution < -0.4 is 10.2 Å². The molecule has 1 N–H and O–H groups in total. The predicted molar refractivity (Wildman–Crippen MR) is 98.4 cm³/mol. The highest BCUT2D eigenvalue weighted by Crippen LogP contribution is 2.59. The van der Waals surface area contributed by atoms with E-state index in [0.717, 1.165) is 38.0 Å². The van der Waals surface area contributed by atoms with Crippen molar-refractivity contribution in [2.45, 2.75) is 45.4 Å². The topological polar surface area (TPSA) is 32.3 Å². The summed E-state index contributed by atoms with van der Waals surface area (Å²) >= 11 is 0. The van der Waals surface area contributed by atoms with Gasteiger partial charge >= 0.3 is 0 Å². The van der Waals surface area contributed by atoms with Crippen molar-refractivity contribution in [2.24, 2.45) is 11.3 Å². The zero-order valence-electron chi connectivity index (χ0n) is 14.7. The molecular weight excluding hydrogens is 308 g/mol. The Morgan fingerprint density at radius 3 is 2.26 bits per heavy atom. The quantitative estimate of drug-likeness (QED) is 0.891. The summed E-state index contributed by atoms with van der Waals surface area (Å²) in [4.78, 5) is 14.6. The molecule has 2 aliphatic rings. The van der Waals surface area contributed by atoms with Gasteiger partial charge in [0.25, 0.3) is 0 Å². The van der Waals surface area contributed by atoms with E-state index in [1.165, 1.54) is 5.56 Å². The smallest absolute Gasteiger partial charge is 0.230 e. The van der Waals surface area contributed by atoms with E-state index < -0.39 is 0 Å². The average Bonchev–Trinajstić information content (AvgIpc) is 3.19. The molecule has 3 nitrogen and oxygen atoms in total. The molecule has 1 aliphatic heterocycles. The Balaban J connectivity index is 0.00000192. The largest absolute Gasteiger partial charge is 0.317 e. The van der Waals surface area contributed by atoms with Crippen LogP contribution in [0.5, 0.6) is 0 Å². The fourth-order valence-electron chi connectivity index (χ4n) is 3.72. The zero-order chi connectivity index (χ0) is 16.0. The highest BCUT2D eigenvalue weighted by Gasteiger charge is 2.58. The van der Waals surface area contributed by atoms with Crippen LogP contribution in [0.2, 0.25) is 0 Å². The molecule has 1 unspecified atom stereocenters. The monoisotopic (exact) mass is 336 g/mol. The SMILES string of the molecule is CN(C(=O)C1CC12CCNCC2)c1ccc(C(C)(C)C)cc1.Cl. The van der Waals surface area contributed by atoms with E-state index in [1.54, 1.807) is 0 Å². The van der Waals surface area contributed by atoms with Crippen LogP contribution in [0.1, 0.15) is 45.6 Å². The van der Waals surface area contributed by atoms with Gasteiger partial charge in [0.1, 0.15) is 0 Å². The van der Waals surface area contributed by atoms with Gasteiger partial charge in [0.2, 0.25) is 5.91 Å². The number of halogens is 1. The normalized spacial score (nSPS) is 22.3. The van der Waals surface area contributed by atoms with Crippen molar-refractivity contribution < 1.29 is 4.79 Å². The summed E-state index contributed by atoms with van der Waals surface area (Å²) in [6.07, 6.45) is 3.39. The molecule has 1 atom stereocenters. The lowest BCUT2D eigenvalue weighted by Crippen LogP contribution is -2.34. The second-order valence-corrected chi connectivity index (χ2v) is 8.06. The van der Waals surface area contributed by atoms with Crippen molar-refractivity contribution in [1.29, 1.82) is 0 Å². The predicted octanol–water partition coefficient (Wildman–Crippen LogP) is 3.76. The first-order valence-corrected chi connectivity index (χ1v) is 8.42. The summed E-state index contributed by atoms with van der Waals surface area (Å²) < 4.78 is 0. The molecule has 1 spiro atoms. The molecule has 1 aromatic rings. The van der Waals surface area contributed by atoms with Crippen LogP contribution in [0.3, 0.4) is 0 Å². The van der Waals surface area contributed by atoms with Gasteiger partial charge in [-0.3, -0.25) is 4.79 Å². The lowest BCUT2D eigenvalue weighted by Gasteiger charge is -2.25. The maximum Gasteiger partial charge on any atom is 0.230 e. The van der Waals surface area contributed by atoms with Gasteiger partial charge in [-0.1, -0.05) is 32.9 Å². The first kappa shape index (κ1) is 18.3. The van der Waals surface area contributed by atoms with Crippen molar-refractivity contribution in [3.8, 4) is 0 Å². The van der Waals surface area contributed by atoms with Crippen molar-refractivity contribution >= 4 is 24.0 Å². The number of rotatable bonds is 2. The molecule has 0 bridgehead atoms. The minimum absolute atomic E-state index is 0. The summed E-state index contributed by atoms with van der Waals surface area (Å²) in [6, 6.07) is 8.45. The van der Waals surface area contributed by atoms with Crippen LogP contribution in [0.25, 0.3) is 0 Å². The van der Waals surface area contributed by atoms with E-state index in [-0.39, 0.29) is 23.7 Å². The van der Waals surface area contributed by atoms with Gasteiger partial charge in [-0.05, 0) is 60.9 Å². The number of amides is 1. The number of nitrogens with zero attached hydrogens (tertiary/aromatic N) is 1. The summed E-state index contributed by atoms with van der Waals surface area (Å²) in [5.41, 5.74) is 2.77. The Labute approximate surface area is 146 Å². The van der Waals surface area contributed by atoms with Gasteiger partial charge in [-0.2, -0.15) is 0 Å². The highest BCUT2D eigenvalue weighted by atomic mass is 35.5. The Hall–Kier alpha value is -1.06. The Kier molecular flexibility index (Phi) is 5.12. The van der Waals surface area contributed by atoms with E-state index >= 15 is 0 Å². The molecule has 128 valence electrons. The fraction of sp³-hybridized carbons (Fsp3) is 0.632. The van der Waals surface area contributed by atoms with Crippen molar-refractivity contribution in [2.75, 3.05) is 25.0 Å². The number of anilines is 1. The molecule has 23 heavy (non-hydrogen) atoms. The molecule has 0 aromatic heterocycles. The summed E-state index contributed by atoms with van der Waals surface area (Å²) in [6.45, 7) is 8.76. The third kappa shape index (κ3) is 3.56. The van der Waals surface area contributed by atoms with Crippen molar-refractivity contribution in [1.82, 2.24) is 5.32 Å². The van der Waals surface area contributed by atoms with Crippen LogP contribution in [0, 0.1) is 11.3 Å². The number of carbonyl (C=O) groups excluding carboxylic acids is 1. The fourth-order valence-corrected chi connectivity index (χ4v) is 3.72. The van der Waals surface area contributed by atoms with Crippen molar-refractivity contribution in [3.05, 3.63) is 29.8 Å². The Morgan fingerprint density at radius 2 is 1.74 bits per heavy atom. The maximum absolute atomic E-state index is 12.8. The number of hydrogen-bond acceptors (Lipinski definition) is 2. The van der Waals surface area contributed by atoms with E-state index in [9.17, 15) is 4.79 Å². The molecule has 1 heterocycles. The molecule has 1 aromatic carbocycles. The number of hydrogen-bond donors (Lipinski definition) is 1. The number of piperidine rings is 1. The molecule has 3 rings (SSSR count). The molecular formula is C19H29ClN2O. The minimum Gasteiger partial charge on any atom is -0.317 e. The zero-order valence-corrected chi connectivity index (χ0v) is 15.5. The number of benzene rings is 1. The average molecular weight is 337 g/mol. The standard InChI is InChI=1S/C19H28N2O.ClH/c1-18(2,3)14-5-7-15(8-6-14)21(4)17(22)16-13-19(16)9-11-20-12-10-19;/h5-8,16,20H,9-13H2,1-4H3;1H. The Bertz CT molecular complexity index is 556. The molecule has 4 heteroatoms. The lowest BCUT2D eigenvalue weighted by molar-refractivity contribution is -0.120. The van der Waals surface area contributed by atoms with Crippen LogP contribution in [-0.4, -0.2) is 26.0 Å². The van der Waals surface area contributed by atoms with Gasteiger partial charge in [0, 0.05) is 18.7 Å². The first-order chi connectivity index (χ1) is 10.3. The minimum atomic E-state index is 0. The molecule has 1 saturated heterocycles. The number of nitrogens with one attached hydrogen (secondary N) is 1. The summed E-state index contributed by atoms with van der Waals surface area (Å²) in [7, 11) is 1.92. The van der Waals surface area contributed by atoms with Gasteiger partial charge in [0.15, 0.2) is 0 Å². The van der Waals surface area contributed by atoms with Gasteiger partial charge in [-0.15, -0.1) is 12.4 Å². The summed E-state index contributed by atoms with van der Waals surface area (Å²) in [5.74, 6) is 0.535. The van der Waals surface area contributed by atoms with Crippen molar-refractivity contribution in [3.63, 3.8) is 0 Å². The third-order valence-corrected chi connectivity index (χ3v) is 5.54. The van der Waals surface area contributed by atoms with Gasteiger partial charge in [-0.25, -0.2) is 0 Å². The summed E-state index contributed by atoms with van der Waals surface area (Å²) in [5, 5.41) is 3.40. The third-order valence-electron chi connectivity index (χ3n) is 5.54. The second-order valence-electron chi connectivity index (χ2n) is 8.06. The second kappa shape index (κ2) is 6.45. The molecule has 1 saturated carbocycles. The van der Waals surface area contributed by atoms with E-state index in [0.29, 0.717) is 11.3 Å². The van der Waals surface area contributed by atoms with Gasteiger partial charge < -0.3 is 10.2 Å². The van der Waals surface area contributed by atoms with E-state index in [1.807, 2.05) is 11.9 Å². The molecule has 1 aliphatic carbocycles. The molecule has 0 radical (unpaired) electrons. The van der Waals surface area contributed by atoms with E-state index in [2.05, 4.69) is 50.4 Å². The molecule has 1 amide bonds. The van der Waals surface area contributed by atoms with Crippen LogP contribution in [0.4, 0.5) is 5.69 Å². The van der Waals surface area contributed by atoms with Crippen LogP contribution in [-0.2, 0) is 10.2 Å². The first-order valence-electron chi connectivity index (χ1n) is 8.42. The maximum atomic E-state index is 12.8. The molecule has 2 fully saturated rings. The van der Waals surface area contributed by atoms with Crippen LogP contribution >= 0.6 is 12.4 Å². The number of carbonyl (C=O) groups is 1. The lowest BCUT2D eigenvalue weighted by atomic mass is 9.87.